The molecule has 1 atom stereocenters. The molecular formula is C17H21ClN4. The highest BCUT2D eigenvalue weighted by molar-refractivity contribution is 6.29. The zero-order valence-corrected chi connectivity index (χ0v) is 13.6. The van der Waals surface area contributed by atoms with Gasteiger partial charge >= 0.3 is 0 Å². The van der Waals surface area contributed by atoms with E-state index in [2.05, 4.69) is 32.8 Å². The first kappa shape index (κ1) is 15.4. The zero-order valence-electron chi connectivity index (χ0n) is 12.8. The summed E-state index contributed by atoms with van der Waals surface area (Å²) in [5, 5.41) is 0.571. The number of aromatic nitrogens is 2. The SMILES string of the molecule is CC(c1cccnc1)N1CCN(Cc2ccnc(Cl)c2)CC1. The Morgan fingerprint density at radius 3 is 2.68 bits per heavy atom. The van der Waals surface area contributed by atoms with E-state index in [1.165, 1.54) is 11.1 Å². The van der Waals surface area contributed by atoms with Gasteiger partial charge in [0.1, 0.15) is 5.15 Å². The minimum Gasteiger partial charge on any atom is -0.297 e. The van der Waals surface area contributed by atoms with Crippen LogP contribution in [0.1, 0.15) is 24.1 Å². The maximum absolute atomic E-state index is 5.95. The molecule has 22 heavy (non-hydrogen) atoms. The van der Waals surface area contributed by atoms with E-state index < -0.39 is 0 Å². The van der Waals surface area contributed by atoms with Gasteiger partial charge in [-0.15, -0.1) is 0 Å². The Bertz CT molecular complexity index is 597. The predicted octanol–water partition coefficient (Wildman–Crippen LogP) is 3.01. The molecule has 1 aliphatic heterocycles. The molecule has 1 saturated heterocycles. The monoisotopic (exact) mass is 316 g/mol. The topological polar surface area (TPSA) is 32.3 Å². The first-order chi connectivity index (χ1) is 10.7. The molecule has 5 heteroatoms. The van der Waals surface area contributed by atoms with Crippen LogP contribution in [0.3, 0.4) is 0 Å². The van der Waals surface area contributed by atoms with E-state index >= 15 is 0 Å². The summed E-state index contributed by atoms with van der Waals surface area (Å²) >= 11 is 5.95. The van der Waals surface area contributed by atoms with Gasteiger partial charge in [-0.1, -0.05) is 17.7 Å². The van der Waals surface area contributed by atoms with Crippen LogP contribution in [0.4, 0.5) is 0 Å². The Morgan fingerprint density at radius 1 is 1.18 bits per heavy atom. The zero-order chi connectivity index (χ0) is 15.4. The second-order valence-corrected chi connectivity index (χ2v) is 6.15. The van der Waals surface area contributed by atoms with Gasteiger partial charge in [-0.25, -0.2) is 4.98 Å². The number of piperazine rings is 1. The van der Waals surface area contributed by atoms with Gasteiger partial charge in [0, 0.05) is 57.4 Å². The van der Waals surface area contributed by atoms with E-state index in [0.717, 1.165) is 32.7 Å². The van der Waals surface area contributed by atoms with Crippen molar-refractivity contribution in [2.75, 3.05) is 26.2 Å². The number of hydrogen-bond acceptors (Lipinski definition) is 4. The van der Waals surface area contributed by atoms with Gasteiger partial charge < -0.3 is 0 Å². The molecule has 0 aromatic carbocycles. The summed E-state index contributed by atoms with van der Waals surface area (Å²) in [6, 6.07) is 8.58. The van der Waals surface area contributed by atoms with Crippen molar-refractivity contribution < 1.29 is 0 Å². The molecule has 1 fully saturated rings. The summed E-state index contributed by atoms with van der Waals surface area (Å²) in [4.78, 5) is 13.2. The largest absolute Gasteiger partial charge is 0.297 e. The van der Waals surface area contributed by atoms with Crippen LogP contribution in [0, 0.1) is 0 Å². The Hall–Kier alpha value is -1.49. The Labute approximate surface area is 136 Å². The lowest BCUT2D eigenvalue weighted by molar-refractivity contribution is 0.0977. The Balaban J connectivity index is 1.54. The fourth-order valence-corrected chi connectivity index (χ4v) is 3.14. The summed E-state index contributed by atoms with van der Waals surface area (Å²) in [6.45, 7) is 7.51. The van der Waals surface area contributed by atoms with Gasteiger partial charge in [0.25, 0.3) is 0 Å². The highest BCUT2D eigenvalue weighted by Crippen LogP contribution is 2.21. The van der Waals surface area contributed by atoms with Gasteiger partial charge in [-0.2, -0.15) is 0 Å². The van der Waals surface area contributed by atoms with E-state index in [-0.39, 0.29) is 0 Å². The summed E-state index contributed by atoms with van der Waals surface area (Å²) in [5.74, 6) is 0. The number of nitrogens with zero attached hydrogens (tertiary/aromatic N) is 4. The second kappa shape index (κ2) is 7.18. The van der Waals surface area contributed by atoms with Gasteiger partial charge in [0.15, 0.2) is 0 Å². The molecule has 0 amide bonds. The average molecular weight is 317 g/mol. The molecule has 0 radical (unpaired) electrons. The van der Waals surface area contributed by atoms with E-state index in [9.17, 15) is 0 Å². The number of rotatable bonds is 4. The average Bonchev–Trinajstić information content (AvgIpc) is 2.56. The van der Waals surface area contributed by atoms with Crippen LogP contribution in [0.15, 0.2) is 42.9 Å². The molecule has 0 saturated carbocycles. The van der Waals surface area contributed by atoms with Crippen molar-refractivity contribution in [2.45, 2.75) is 19.5 Å². The minimum atomic E-state index is 0.422. The molecule has 116 valence electrons. The first-order valence-electron chi connectivity index (χ1n) is 7.69. The standard InChI is InChI=1S/C17H21ClN4/c1-14(16-3-2-5-19-12-16)22-9-7-21(8-10-22)13-15-4-6-20-17(18)11-15/h2-6,11-12,14H,7-10,13H2,1H3. The molecule has 0 N–H and O–H groups in total. The van der Waals surface area contributed by atoms with Crippen LogP contribution in [0.25, 0.3) is 0 Å². The van der Waals surface area contributed by atoms with E-state index in [1.54, 1.807) is 6.20 Å². The fourth-order valence-electron chi connectivity index (χ4n) is 2.94. The Kier molecular flexibility index (Phi) is 5.03. The quantitative estimate of drug-likeness (QED) is 0.812. The molecular weight excluding hydrogens is 296 g/mol. The van der Waals surface area contributed by atoms with Crippen molar-refractivity contribution in [1.29, 1.82) is 0 Å². The summed E-state index contributed by atoms with van der Waals surface area (Å²) in [7, 11) is 0. The summed E-state index contributed by atoms with van der Waals surface area (Å²) in [6.07, 6.45) is 5.57. The van der Waals surface area contributed by atoms with Crippen molar-refractivity contribution in [1.82, 2.24) is 19.8 Å². The van der Waals surface area contributed by atoms with Crippen LogP contribution >= 0.6 is 11.6 Å². The highest BCUT2D eigenvalue weighted by Gasteiger charge is 2.22. The lowest BCUT2D eigenvalue weighted by atomic mass is 10.1. The third-order valence-corrected chi connectivity index (χ3v) is 4.53. The third kappa shape index (κ3) is 3.83. The van der Waals surface area contributed by atoms with Crippen molar-refractivity contribution in [2.24, 2.45) is 0 Å². The fraction of sp³-hybridized carbons (Fsp3) is 0.412. The highest BCUT2D eigenvalue weighted by atomic mass is 35.5. The van der Waals surface area contributed by atoms with Crippen molar-refractivity contribution >= 4 is 11.6 Å². The molecule has 0 aliphatic carbocycles. The van der Waals surface area contributed by atoms with E-state index in [0.29, 0.717) is 11.2 Å². The molecule has 4 nitrogen and oxygen atoms in total. The number of halogens is 1. The lowest BCUT2D eigenvalue weighted by Crippen LogP contribution is -2.46. The summed E-state index contributed by atoms with van der Waals surface area (Å²) in [5.41, 5.74) is 2.52. The molecule has 2 aromatic heterocycles. The van der Waals surface area contributed by atoms with Gasteiger partial charge in [0.05, 0.1) is 0 Å². The van der Waals surface area contributed by atoms with Crippen molar-refractivity contribution in [3.63, 3.8) is 0 Å². The van der Waals surface area contributed by atoms with Gasteiger partial charge in [0.2, 0.25) is 0 Å². The Morgan fingerprint density at radius 2 is 2.00 bits per heavy atom. The van der Waals surface area contributed by atoms with E-state index in [1.807, 2.05) is 30.6 Å². The number of pyridine rings is 2. The molecule has 0 spiro atoms. The molecule has 1 aliphatic rings. The van der Waals surface area contributed by atoms with Crippen LogP contribution < -0.4 is 0 Å². The smallest absolute Gasteiger partial charge is 0.129 e. The van der Waals surface area contributed by atoms with Crippen LogP contribution in [0.5, 0.6) is 0 Å². The van der Waals surface area contributed by atoms with Crippen LogP contribution in [-0.4, -0.2) is 45.9 Å². The first-order valence-corrected chi connectivity index (χ1v) is 8.07. The second-order valence-electron chi connectivity index (χ2n) is 5.76. The van der Waals surface area contributed by atoms with Crippen LogP contribution in [0.2, 0.25) is 5.15 Å². The number of hydrogen-bond donors (Lipinski definition) is 0. The predicted molar refractivity (Wildman–Crippen MR) is 88.7 cm³/mol. The maximum atomic E-state index is 5.95. The van der Waals surface area contributed by atoms with Gasteiger partial charge in [-0.3, -0.25) is 14.8 Å². The molecule has 3 rings (SSSR count). The van der Waals surface area contributed by atoms with Crippen LogP contribution in [-0.2, 0) is 6.54 Å². The summed E-state index contributed by atoms with van der Waals surface area (Å²) < 4.78 is 0. The maximum Gasteiger partial charge on any atom is 0.129 e. The minimum absolute atomic E-state index is 0.422. The van der Waals surface area contributed by atoms with Gasteiger partial charge in [-0.05, 0) is 36.2 Å². The lowest BCUT2D eigenvalue weighted by Gasteiger charge is -2.38. The van der Waals surface area contributed by atoms with Crippen molar-refractivity contribution in [3.05, 3.63) is 59.1 Å². The molecule has 0 bridgehead atoms. The normalized spacial score (nSPS) is 18.3. The van der Waals surface area contributed by atoms with E-state index in [4.69, 9.17) is 11.6 Å². The molecule has 1 unspecified atom stereocenters. The third-order valence-electron chi connectivity index (χ3n) is 4.32. The molecule has 3 heterocycles. The van der Waals surface area contributed by atoms with Crippen molar-refractivity contribution in [3.8, 4) is 0 Å². The molecule has 2 aromatic rings.